The maximum atomic E-state index is 4.42. The van der Waals surface area contributed by atoms with E-state index in [1.54, 1.807) is 0 Å². The Morgan fingerprint density at radius 3 is 2.68 bits per heavy atom. The summed E-state index contributed by atoms with van der Waals surface area (Å²) in [6.45, 7) is 8.00. The summed E-state index contributed by atoms with van der Waals surface area (Å²) in [4.78, 5) is 9.21. The zero-order valence-corrected chi connectivity index (χ0v) is 17.8. The maximum Gasteiger partial charge on any atom is 0.193 e. The van der Waals surface area contributed by atoms with Crippen LogP contribution in [-0.2, 0) is 13.6 Å². The molecule has 1 aliphatic rings. The molecule has 1 aromatic heterocycles. The summed E-state index contributed by atoms with van der Waals surface area (Å²) in [5.41, 5.74) is 1.26. The van der Waals surface area contributed by atoms with Crippen LogP contribution in [-0.4, -0.2) is 60.6 Å². The van der Waals surface area contributed by atoms with Crippen molar-refractivity contribution in [2.24, 2.45) is 18.0 Å². The Labute approximate surface area is 161 Å². The van der Waals surface area contributed by atoms with Gasteiger partial charge in [0.2, 0.25) is 0 Å². The number of aryl methyl sites for hydroxylation is 1. The SMILES string of the molecule is CN=C(NCCCCN1CCC(C)CC1)N(C)Cc1cc(Br)cn1C. The highest BCUT2D eigenvalue weighted by atomic mass is 79.9. The monoisotopic (exact) mass is 411 g/mol. The van der Waals surface area contributed by atoms with E-state index >= 15 is 0 Å². The van der Waals surface area contributed by atoms with Crippen LogP contribution in [0.4, 0.5) is 0 Å². The summed E-state index contributed by atoms with van der Waals surface area (Å²) >= 11 is 3.53. The molecule has 2 heterocycles. The number of nitrogens with zero attached hydrogens (tertiary/aromatic N) is 4. The van der Waals surface area contributed by atoms with Crippen molar-refractivity contribution in [2.45, 2.75) is 39.2 Å². The van der Waals surface area contributed by atoms with Crippen LogP contribution < -0.4 is 5.32 Å². The quantitative estimate of drug-likeness (QED) is 0.424. The number of piperidine rings is 1. The highest BCUT2D eigenvalue weighted by molar-refractivity contribution is 9.10. The highest BCUT2D eigenvalue weighted by Crippen LogP contribution is 2.16. The van der Waals surface area contributed by atoms with Crippen LogP contribution in [0.1, 0.15) is 38.3 Å². The molecule has 1 aliphatic heterocycles. The van der Waals surface area contributed by atoms with Crippen molar-refractivity contribution in [3.8, 4) is 0 Å². The number of hydrogen-bond acceptors (Lipinski definition) is 2. The molecular weight excluding hydrogens is 378 g/mol. The molecular formula is C19H34BrN5. The molecule has 25 heavy (non-hydrogen) atoms. The first-order valence-corrected chi connectivity index (χ1v) is 10.2. The normalized spacial score (nSPS) is 17.1. The van der Waals surface area contributed by atoms with E-state index < -0.39 is 0 Å². The number of guanidine groups is 1. The largest absolute Gasteiger partial charge is 0.356 e. The standard InChI is InChI=1S/C19H34BrN5/c1-16-7-11-25(12-8-16)10-6-5-9-22-19(21-2)24(4)15-18-13-17(20)14-23(18)3/h13-14,16H,5-12,15H2,1-4H3,(H,21,22). The summed E-state index contributed by atoms with van der Waals surface area (Å²) in [6.07, 6.45) is 7.26. The molecule has 1 saturated heterocycles. The van der Waals surface area contributed by atoms with Crippen LogP contribution >= 0.6 is 15.9 Å². The van der Waals surface area contributed by atoms with Crippen molar-refractivity contribution < 1.29 is 0 Å². The second-order valence-electron chi connectivity index (χ2n) is 7.32. The third-order valence-corrected chi connectivity index (χ3v) is 5.54. The number of halogens is 1. The number of likely N-dealkylation sites (tertiary alicyclic amines) is 1. The predicted octanol–water partition coefficient (Wildman–Crippen LogP) is 3.31. The van der Waals surface area contributed by atoms with E-state index in [1.165, 1.54) is 51.0 Å². The fourth-order valence-electron chi connectivity index (χ4n) is 3.37. The fraction of sp³-hybridized carbons (Fsp3) is 0.737. The Morgan fingerprint density at radius 1 is 1.36 bits per heavy atom. The molecule has 0 radical (unpaired) electrons. The van der Waals surface area contributed by atoms with E-state index in [0.29, 0.717) is 0 Å². The first-order valence-electron chi connectivity index (χ1n) is 9.44. The van der Waals surface area contributed by atoms with Crippen molar-refractivity contribution in [1.29, 1.82) is 0 Å². The Balaban J connectivity index is 1.65. The average Bonchev–Trinajstić information content (AvgIpc) is 2.89. The Bertz CT molecular complexity index is 546. The zero-order chi connectivity index (χ0) is 18.2. The number of aromatic nitrogens is 1. The summed E-state index contributed by atoms with van der Waals surface area (Å²) in [5, 5.41) is 3.50. The lowest BCUT2D eigenvalue weighted by Gasteiger charge is -2.30. The lowest BCUT2D eigenvalue weighted by Crippen LogP contribution is -2.39. The lowest BCUT2D eigenvalue weighted by atomic mass is 9.99. The van der Waals surface area contributed by atoms with Gasteiger partial charge in [-0.25, -0.2) is 0 Å². The minimum atomic E-state index is 0.841. The summed E-state index contributed by atoms with van der Waals surface area (Å²) < 4.78 is 3.27. The Morgan fingerprint density at radius 2 is 2.08 bits per heavy atom. The van der Waals surface area contributed by atoms with Crippen LogP contribution in [0.2, 0.25) is 0 Å². The van der Waals surface area contributed by atoms with Gasteiger partial charge >= 0.3 is 0 Å². The summed E-state index contributed by atoms with van der Waals surface area (Å²) in [7, 11) is 6.02. The molecule has 0 unspecified atom stereocenters. The second-order valence-corrected chi connectivity index (χ2v) is 8.24. The van der Waals surface area contributed by atoms with Crippen LogP contribution in [0.25, 0.3) is 0 Å². The molecule has 5 nitrogen and oxygen atoms in total. The highest BCUT2D eigenvalue weighted by Gasteiger charge is 2.15. The van der Waals surface area contributed by atoms with E-state index in [2.05, 4.69) is 73.9 Å². The second kappa shape index (κ2) is 10.2. The third-order valence-electron chi connectivity index (χ3n) is 5.11. The van der Waals surface area contributed by atoms with Crippen molar-refractivity contribution in [3.05, 3.63) is 22.4 Å². The minimum absolute atomic E-state index is 0.841. The predicted molar refractivity (Wildman–Crippen MR) is 110 cm³/mol. The van der Waals surface area contributed by atoms with E-state index in [0.717, 1.165) is 29.4 Å². The van der Waals surface area contributed by atoms with Gasteiger partial charge in [0.1, 0.15) is 0 Å². The molecule has 0 aromatic carbocycles. The van der Waals surface area contributed by atoms with Crippen molar-refractivity contribution in [1.82, 2.24) is 19.7 Å². The van der Waals surface area contributed by atoms with Crippen LogP contribution in [0.3, 0.4) is 0 Å². The van der Waals surface area contributed by atoms with E-state index in [1.807, 2.05) is 7.05 Å². The molecule has 0 saturated carbocycles. The van der Waals surface area contributed by atoms with Crippen molar-refractivity contribution in [2.75, 3.05) is 40.3 Å². The van der Waals surface area contributed by atoms with Crippen molar-refractivity contribution >= 4 is 21.9 Å². The van der Waals surface area contributed by atoms with Gasteiger partial charge in [0.15, 0.2) is 5.96 Å². The fourth-order valence-corrected chi connectivity index (χ4v) is 3.94. The summed E-state index contributed by atoms with van der Waals surface area (Å²) in [5.74, 6) is 1.88. The van der Waals surface area contributed by atoms with Gasteiger partial charge in [0.05, 0.1) is 6.54 Å². The Hall–Kier alpha value is -1.01. The number of nitrogens with one attached hydrogen (secondary N) is 1. The topological polar surface area (TPSA) is 35.8 Å². The van der Waals surface area contributed by atoms with E-state index in [9.17, 15) is 0 Å². The van der Waals surface area contributed by atoms with Crippen molar-refractivity contribution in [3.63, 3.8) is 0 Å². The van der Waals surface area contributed by atoms with Crippen LogP contribution in [0.15, 0.2) is 21.7 Å². The van der Waals surface area contributed by atoms with Gasteiger partial charge in [-0.05, 0) is 73.2 Å². The molecule has 142 valence electrons. The average molecular weight is 412 g/mol. The number of aliphatic imine (C=N–C) groups is 1. The van der Waals surface area contributed by atoms with E-state index in [4.69, 9.17) is 0 Å². The number of hydrogen-bond donors (Lipinski definition) is 1. The number of unbranched alkanes of at least 4 members (excludes halogenated alkanes) is 1. The number of rotatable bonds is 7. The molecule has 0 spiro atoms. The minimum Gasteiger partial charge on any atom is -0.356 e. The van der Waals surface area contributed by atoms with Gasteiger partial charge < -0.3 is 19.7 Å². The zero-order valence-electron chi connectivity index (χ0n) is 16.3. The smallest absolute Gasteiger partial charge is 0.193 e. The molecule has 1 fully saturated rings. The first-order chi connectivity index (χ1) is 12.0. The van der Waals surface area contributed by atoms with E-state index in [-0.39, 0.29) is 0 Å². The maximum absolute atomic E-state index is 4.42. The molecule has 0 aliphatic carbocycles. The molecule has 1 aromatic rings. The van der Waals surface area contributed by atoms with Crippen LogP contribution in [0, 0.1) is 5.92 Å². The van der Waals surface area contributed by atoms with Gasteiger partial charge in [-0.1, -0.05) is 6.92 Å². The third kappa shape index (κ3) is 6.66. The molecule has 0 atom stereocenters. The Kier molecular flexibility index (Phi) is 8.30. The molecule has 0 amide bonds. The lowest BCUT2D eigenvalue weighted by molar-refractivity contribution is 0.189. The molecule has 0 bridgehead atoms. The molecule has 1 N–H and O–H groups in total. The van der Waals surface area contributed by atoms with Crippen LogP contribution in [0.5, 0.6) is 0 Å². The van der Waals surface area contributed by atoms with Gasteiger partial charge in [-0.2, -0.15) is 0 Å². The van der Waals surface area contributed by atoms with Gasteiger partial charge in [0.25, 0.3) is 0 Å². The summed E-state index contributed by atoms with van der Waals surface area (Å²) in [6, 6.07) is 2.16. The van der Waals surface area contributed by atoms with Gasteiger partial charge in [-0.3, -0.25) is 4.99 Å². The molecule has 6 heteroatoms. The van der Waals surface area contributed by atoms with Gasteiger partial charge in [-0.15, -0.1) is 0 Å². The van der Waals surface area contributed by atoms with Gasteiger partial charge in [0, 0.05) is 44.1 Å². The molecule has 2 rings (SSSR count). The first kappa shape index (κ1) is 20.3.